The maximum atomic E-state index is 12.8. The second-order valence-corrected chi connectivity index (χ2v) is 7.95. The number of nitrogens with one attached hydrogen (secondary N) is 2. The molecule has 1 fully saturated rings. The average Bonchev–Trinajstić information content (AvgIpc) is 2.50. The molecule has 134 valence electrons. The number of halogens is 1. The minimum absolute atomic E-state index is 0.0437. The summed E-state index contributed by atoms with van der Waals surface area (Å²) in [6.45, 7) is 2.21. The number of carbonyl (C=O) groups excluding carboxylic acids is 1. The molecule has 6 nitrogen and oxygen atoms in total. The largest absolute Gasteiger partial charge is 0.355 e. The highest BCUT2D eigenvalue weighted by molar-refractivity contribution is 7.88. The predicted molar refractivity (Wildman–Crippen MR) is 90.6 cm³/mol. The Morgan fingerprint density at radius 1 is 1.25 bits per heavy atom. The van der Waals surface area contributed by atoms with Gasteiger partial charge in [0.05, 0.1) is 12.8 Å². The summed E-state index contributed by atoms with van der Waals surface area (Å²) in [5.74, 6) is -0.316. The molecule has 2 N–H and O–H groups in total. The van der Waals surface area contributed by atoms with Crippen LogP contribution in [0.4, 0.5) is 4.39 Å². The second-order valence-electron chi connectivity index (χ2n) is 6.17. The first-order valence-electron chi connectivity index (χ1n) is 8.02. The Labute approximate surface area is 142 Å². The summed E-state index contributed by atoms with van der Waals surface area (Å²) in [5.41, 5.74) is 0.976. The van der Waals surface area contributed by atoms with Crippen molar-refractivity contribution >= 4 is 15.9 Å². The van der Waals surface area contributed by atoms with Crippen LogP contribution in [0.1, 0.15) is 18.4 Å². The number of carbonyl (C=O) groups is 1. The number of piperidine rings is 1. The molecular formula is C16H24FN3O3S. The maximum absolute atomic E-state index is 12.8. The average molecular weight is 357 g/mol. The summed E-state index contributed by atoms with van der Waals surface area (Å²) in [6, 6.07) is 6.19. The first-order valence-corrected chi connectivity index (χ1v) is 9.92. The molecule has 1 aliphatic rings. The lowest BCUT2D eigenvalue weighted by atomic mass is 10.1. The Kier molecular flexibility index (Phi) is 6.70. The normalized spacial score (nSPS) is 16.9. The van der Waals surface area contributed by atoms with E-state index in [4.69, 9.17) is 0 Å². The van der Waals surface area contributed by atoms with Gasteiger partial charge in [-0.3, -0.25) is 9.69 Å². The Bertz CT molecular complexity index is 641. The number of benzene rings is 1. The van der Waals surface area contributed by atoms with Crippen molar-refractivity contribution in [3.63, 3.8) is 0 Å². The fourth-order valence-electron chi connectivity index (χ4n) is 2.77. The lowest BCUT2D eigenvalue weighted by molar-refractivity contribution is -0.122. The second kappa shape index (κ2) is 8.55. The standard InChI is InChI=1S/C16H24FN3O3S/c1-24(22,23)19-15-7-10-20(11-8-15)12-16(21)18-9-6-13-2-4-14(17)5-3-13/h2-5,15,19H,6-12H2,1H3,(H,18,21). The number of hydrogen-bond acceptors (Lipinski definition) is 4. The quantitative estimate of drug-likeness (QED) is 0.745. The van der Waals surface area contributed by atoms with Crippen LogP contribution in [0.5, 0.6) is 0 Å². The van der Waals surface area contributed by atoms with Crippen LogP contribution < -0.4 is 10.0 Å². The van der Waals surface area contributed by atoms with E-state index in [1.807, 2.05) is 4.90 Å². The summed E-state index contributed by atoms with van der Waals surface area (Å²) < 4.78 is 37.8. The Morgan fingerprint density at radius 2 is 1.88 bits per heavy atom. The number of sulfonamides is 1. The van der Waals surface area contributed by atoms with Crippen molar-refractivity contribution in [1.29, 1.82) is 0 Å². The molecule has 0 spiro atoms. The molecule has 1 aliphatic heterocycles. The van der Waals surface area contributed by atoms with E-state index in [2.05, 4.69) is 10.0 Å². The summed E-state index contributed by atoms with van der Waals surface area (Å²) >= 11 is 0. The van der Waals surface area contributed by atoms with E-state index in [0.29, 0.717) is 45.4 Å². The molecule has 8 heteroatoms. The summed E-state index contributed by atoms with van der Waals surface area (Å²) in [7, 11) is -3.18. The molecule has 0 unspecified atom stereocenters. The van der Waals surface area contributed by atoms with Gasteiger partial charge in [-0.25, -0.2) is 17.5 Å². The van der Waals surface area contributed by atoms with Gasteiger partial charge in [0.1, 0.15) is 5.82 Å². The summed E-state index contributed by atoms with van der Waals surface area (Å²) in [5, 5.41) is 2.86. The van der Waals surface area contributed by atoms with Crippen molar-refractivity contribution in [2.45, 2.75) is 25.3 Å². The van der Waals surface area contributed by atoms with Crippen molar-refractivity contribution in [3.05, 3.63) is 35.6 Å². The van der Waals surface area contributed by atoms with Crippen LogP contribution in [0.15, 0.2) is 24.3 Å². The molecule has 24 heavy (non-hydrogen) atoms. The summed E-state index contributed by atoms with van der Waals surface area (Å²) in [6.07, 6.45) is 3.23. The highest BCUT2D eigenvalue weighted by atomic mass is 32.2. The van der Waals surface area contributed by atoms with E-state index in [9.17, 15) is 17.6 Å². The van der Waals surface area contributed by atoms with E-state index < -0.39 is 10.0 Å². The Balaban J connectivity index is 1.64. The molecule has 1 heterocycles. The number of rotatable bonds is 7. The molecule has 1 aromatic rings. The fraction of sp³-hybridized carbons (Fsp3) is 0.562. The van der Waals surface area contributed by atoms with Gasteiger partial charge in [-0.05, 0) is 37.0 Å². The Hall–Kier alpha value is -1.51. The minimum Gasteiger partial charge on any atom is -0.355 e. The van der Waals surface area contributed by atoms with Crippen LogP contribution in [-0.4, -0.2) is 57.7 Å². The first-order chi connectivity index (χ1) is 11.3. The zero-order chi connectivity index (χ0) is 17.6. The molecule has 2 rings (SSSR count). The number of likely N-dealkylation sites (tertiary alicyclic amines) is 1. The van der Waals surface area contributed by atoms with Gasteiger partial charge in [0.15, 0.2) is 0 Å². The molecule has 0 atom stereocenters. The molecule has 0 bridgehead atoms. The summed E-state index contributed by atoms with van der Waals surface area (Å²) in [4.78, 5) is 14.0. The zero-order valence-corrected chi connectivity index (χ0v) is 14.6. The van der Waals surface area contributed by atoms with Gasteiger partial charge in [-0.2, -0.15) is 0 Å². The third-order valence-electron chi connectivity index (χ3n) is 3.98. The van der Waals surface area contributed by atoms with E-state index >= 15 is 0 Å². The molecule has 0 aromatic heterocycles. The van der Waals surface area contributed by atoms with Gasteiger partial charge < -0.3 is 5.32 Å². The number of nitrogens with zero attached hydrogens (tertiary/aromatic N) is 1. The van der Waals surface area contributed by atoms with Gasteiger partial charge in [0, 0.05) is 25.7 Å². The van der Waals surface area contributed by atoms with Crippen LogP contribution in [0.2, 0.25) is 0 Å². The fourth-order valence-corrected chi connectivity index (χ4v) is 3.61. The van der Waals surface area contributed by atoms with Crippen LogP contribution >= 0.6 is 0 Å². The van der Waals surface area contributed by atoms with E-state index in [-0.39, 0.29) is 17.8 Å². The molecule has 0 saturated carbocycles. The van der Waals surface area contributed by atoms with Crippen molar-refractivity contribution < 1.29 is 17.6 Å². The zero-order valence-electron chi connectivity index (χ0n) is 13.8. The predicted octanol–water partition coefficient (Wildman–Crippen LogP) is 0.498. The Morgan fingerprint density at radius 3 is 2.46 bits per heavy atom. The molecule has 1 amide bonds. The van der Waals surface area contributed by atoms with Gasteiger partial charge in [-0.1, -0.05) is 12.1 Å². The monoisotopic (exact) mass is 357 g/mol. The van der Waals surface area contributed by atoms with Crippen molar-refractivity contribution in [3.8, 4) is 0 Å². The highest BCUT2D eigenvalue weighted by Gasteiger charge is 2.22. The molecule has 1 saturated heterocycles. The van der Waals surface area contributed by atoms with E-state index in [0.717, 1.165) is 11.8 Å². The number of amides is 1. The molecular weight excluding hydrogens is 333 g/mol. The molecule has 0 aliphatic carbocycles. The lowest BCUT2D eigenvalue weighted by Gasteiger charge is -2.31. The van der Waals surface area contributed by atoms with Crippen LogP contribution in [-0.2, 0) is 21.2 Å². The van der Waals surface area contributed by atoms with Crippen LogP contribution in [0.3, 0.4) is 0 Å². The third-order valence-corrected chi connectivity index (χ3v) is 4.75. The first kappa shape index (κ1) is 18.8. The van der Waals surface area contributed by atoms with Crippen LogP contribution in [0, 0.1) is 5.82 Å². The van der Waals surface area contributed by atoms with E-state index in [1.165, 1.54) is 12.1 Å². The van der Waals surface area contributed by atoms with Crippen molar-refractivity contribution in [2.24, 2.45) is 0 Å². The smallest absolute Gasteiger partial charge is 0.234 e. The lowest BCUT2D eigenvalue weighted by Crippen LogP contribution is -2.47. The minimum atomic E-state index is -3.18. The van der Waals surface area contributed by atoms with Gasteiger partial charge >= 0.3 is 0 Å². The molecule has 1 aromatic carbocycles. The highest BCUT2D eigenvalue weighted by Crippen LogP contribution is 2.10. The maximum Gasteiger partial charge on any atom is 0.234 e. The topological polar surface area (TPSA) is 78.5 Å². The van der Waals surface area contributed by atoms with Gasteiger partial charge in [0.2, 0.25) is 15.9 Å². The van der Waals surface area contributed by atoms with Gasteiger partial charge in [-0.15, -0.1) is 0 Å². The van der Waals surface area contributed by atoms with Crippen LogP contribution in [0.25, 0.3) is 0 Å². The molecule has 0 radical (unpaired) electrons. The van der Waals surface area contributed by atoms with Crippen molar-refractivity contribution in [2.75, 3.05) is 32.4 Å². The van der Waals surface area contributed by atoms with Gasteiger partial charge in [0.25, 0.3) is 0 Å². The van der Waals surface area contributed by atoms with E-state index in [1.54, 1.807) is 12.1 Å². The number of hydrogen-bond donors (Lipinski definition) is 2. The van der Waals surface area contributed by atoms with Crippen molar-refractivity contribution in [1.82, 2.24) is 14.9 Å². The third kappa shape index (κ3) is 6.94. The SMILES string of the molecule is CS(=O)(=O)NC1CCN(CC(=O)NCCc2ccc(F)cc2)CC1.